The average molecular weight is 555 g/mol. The molecular weight excluding hydrogens is 528 g/mol. The smallest absolute Gasteiger partial charge is 0.262 e. The molecule has 1 N–H and O–H groups in total. The summed E-state index contributed by atoms with van der Waals surface area (Å²) in [4.78, 5) is 19.8. The van der Waals surface area contributed by atoms with E-state index in [0.29, 0.717) is 48.9 Å². The summed E-state index contributed by atoms with van der Waals surface area (Å²) in [5, 5.41) is 11.8. The Bertz CT molecular complexity index is 1790. The van der Waals surface area contributed by atoms with E-state index in [1.807, 2.05) is 38.2 Å². The van der Waals surface area contributed by atoms with E-state index < -0.39 is 15.9 Å². The van der Waals surface area contributed by atoms with E-state index >= 15 is 0 Å². The van der Waals surface area contributed by atoms with Crippen LogP contribution in [-0.4, -0.2) is 81.1 Å². The van der Waals surface area contributed by atoms with Crippen LogP contribution in [0.5, 0.6) is 0 Å². The first-order chi connectivity index (χ1) is 19.3. The van der Waals surface area contributed by atoms with Crippen molar-refractivity contribution in [3.8, 4) is 16.9 Å². The number of hydrogen-bond donors (Lipinski definition) is 1. The maximum atomic E-state index is 13.3. The summed E-state index contributed by atoms with van der Waals surface area (Å²) in [5.74, 6) is 0.0272. The van der Waals surface area contributed by atoms with Crippen LogP contribution in [0.4, 0.5) is 5.82 Å². The molecule has 0 aliphatic carbocycles. The Morgan fingerprint density at radius 2 is 1.73 bits per heavy atom. The lowest BCUT2D eigenvalue weighted by molar-refractivity contribution is 0.102. The fourth-order valence-electron chi connectivity index (χ4n) is 4.54. The lowest BCUT2D eigenvalue weighted by Crippen LogP contribution is -2.46. The molecule has 1 aliphatic rings. The van der Waals surface area contributed by atoms with Gasteiger partial charge in [0.15, 0.2) is 5.65 Å². The second-order valence-electron chi connectivity index (χ2n) is 9.66. The minimum Gasteiger partial charge on any atom is -0.306 e. The topological polar surface area (TPSA) is 118 Å². The van der Waals surface area contributed by atoms with Crippen molar-refractivity contribution in [2.75, 3.05) is 38.5 Å². The first-order valence-electron chi connectivity index (χ1n) is 12.7. The SMILES string of the molecule is Cc1ccc(-n2nc(-c3ccc(S(=O)(=O)N4CCN(C)CC4)cc3)cc2NC(=O)c2cnn3c#ccnc23)cc1. The van der Waals surface area contributed by atoms with Gasteiger partial charge in [0.05, 0.1) is 28.7 Å². The second kappa shape index (κ2) is 10.2. The predicted molar refractivity (Wildman–Crippen MR) is 149 cm³/mol. The van der Waals surface area contributed by atoms with Crippen molar-refractivity contribution >= 4 is 27.4 Å². The Morgan fingerprint density at radius 3 is 2.45 bits per heavy atom. The van der Waals surface area contributed by atoms with Crippen molar-refractivity contribution in [1.29, 1.82) is 0 Å². The van der Waals surface area contributed by atoms with E-state index in [9.17, 15) is 13.2 Å². The van der Waals surface area contributed by atoms with Gasteiger partial charge in [0, 0.05) is 44.0 Å². The van der Waals surface area contributed by atoms with Crippen LogP contribution in [0.1, 0.15) is 15.9 Å². The highest BCUT2D eigenvalue weighted by Gasteiger charge is 2.27. The highest BCUT2D eigenvalue weighted by Crippen LogP contribution is 2.28. The van der Waals surface area contributed by atoms with Crippen molar-refractivity contribution in [3.63, 3.8) is 0 Å². The van der Waals surface area contributed by atoms with Crippen LogP contribution >= 0.6 is 0 Å². The molecule has 0 radical (unpaired) electrons. The number of carbonyl (C=O) groups is 1. The Kier molecular flexibility index (Phi) is 6.55. The number of nitrogens with one attached hydrogen (secondary N) is 1. The van der Waals surface area contributed by atoms with Crippen LogP contribution in [0.25, 0.3) is 22.6 Å². The normalized spacial score (nSPS) is 14.8. The molecule has 1 aliphatic heterocycles. The van der Waals surface area contributed by atoms with Crippen LogP contribution in [-0.2, 0) is 10.0 Å². The summed E-state index contributed by atoms with van der Waals surface area (Å²) in [7, 11) is -1.60. The van der Waals surface area contributed by atoms with Crippen molar-refractivity contribution in [3.05, 3.63) is 90.4 Å². The van der Waals surface area contributed by atoms with E-state index in [1.54, 1.807) is 35.0 Å². The van der Waals surface area contributed by atoms with Gasteiger partial charge in [0.25, 0.3) is 5.91 Å². The van der Waals surface area contributed by atoms with Crippen molar-refractivity contribution in [1.82, 2.24) is 33.6 Å². The van der Waals surface area contributed by atoms with Gasteiger partial charge in [0.2, 0.25) is 10.0 Å². The number of aryl methyl sites for hydroxylation is 1. The molecule has 6 rings (SSSR count). The zero-order valence-electron chi connectivity index (χ0n) is 21.9. The van der Waals surface area contributed by atoms with Gasteiger partial charge in [-0.05, 0) is 44.3 Å². The minimum absolute atomic E-state index is 0.238. The lowest BCUT2D eigenvalue weighted by atomic mass is 10.1. The molecule has 0 atom stereocenters. The second-order valence-corrected chi connectivity index (χ2v) is 11.6. The van der Waals surface area contributed by atoms with Crippen LogP contribution in [0.3, 0.4) is 0 Å². The molecule has 12 heteroatoms. The molecule has 4 heterocycles. The molecule has 0 unspecified atom stereocenters. The molecule has 3 aromatic heterocycles. The van der Waals surface area contributed by atoms with Crippen molar-refractivity contribution in [2.24, 2.45) is 0 Å². The van der Waals surface area contributed by atoms with Crippen LogP contribution in [0.15, 0.2) is 71.9 Å². The number of sulfonamides is 1. The zero-order chi connectivity index (χ0) is 27.9. The van der Waals surface area contributed by atoms with E-state index in [2.05, 4.69) is 32.6 Å². The van der Waals surface area contributed by atoms with Crippen LogP contribution in [0, 0.1) is 19.2 Å². The maximum absolute atomic E-state index is 13.3. The summed E-state index contributed by atoms with van der Waals surface area (Å²) < 4.78 is 30.8. The molecular formula is C28H26N8O3S. The Balaban J connectivity index is 1.32. The van der Waals surface area contributed by atoms with Gasteiger partial charge < -0.3 is 10.2 Å². The number of anilines is 1. The Morgan fingerprint density at radius 1 is 1.00 bits per heavy atom. The summed E-state index contributed by atoms with van der Waals surface area (Å²) in [6.45, 7) is 4.31. The number of benzene rings is 2. The monoisotopic (exact) mass is 554 g/mol. The van der Waals surface area contributed by atoms with Gasteiger partial charge in [-0.2, -0.15) is 19.0 Å². The third-order valence-electron chi connectivity index (χ3n) is 6.89. The number of carbonyl (C=O) groups excluding carboxylic acids is 1. The maximum Gasteiger partial charge on any atom is 0.262 e. The number of piperazine rings is 1. The molecule has 1 fully saturated rings. The Hall–Kier alpha value is -4.57. The number of hydrogen-bond acceptors (Lipinski definition) is 7. The third-order valence-corrected chi connectivity index (χ3v) is 8.80. The molecule has 1 amide bonds. The van der Waals surface area contributed by atoms with E-state index in [-0.39, 0.29) is 10.5 Å². The molecule has 0 bridgehead atoms. The van der Waals surface area contributed by atoms with Gasteiger partial charge in [-0.1, -0.05) is 29.8 Å². The summed E-state index contributed by atoms with van der Waals surface area (Å²) >= 11 is 0. The fraction of sp³-hybridized carbons (Fsp3) is 0.214. The quantitative estimate of drug-likeness (QED) is 0.343. The molecule has 2 aromatic carbocycles. The molecule has 5 aromatic rings. The number of nitrogens with zero attached hydrogens (tertiary/aromatic N) is 7. The first-order valence-corrected chi connectivity index (χ1v) is 14.1. The summed E-state index contributed by atoms with van der Waals surface area (Å²) in [6, 6.07) is 18.9. The minimum atomic E-state index is -3.59. The molecule has 40 heavy (non-hydrogen) atoms. The largest absolute Gasteiger partial charge is 0.306 e. The van der Waals surface area contributed by atoms with Crippen molar-refractivity contribution < 1.29 is 13.2 Å². The van der Waals surface area contributed by atoms with E-state index in [0.717, 1.165) is 11.3 Å². The number of amides is 1. The van der Waals surface area contributed by atoms with Gasteiger partial charge in [-0.15, -0.1) is 0 Å². The molecule has 0 spiro atoms. The van der Waals surface area contributed by atoms with Crippen LogP contribution < -0.4 is 5.32 Å². The lowest BCUT2D eigenvalue weighted by Gasteiger charge is -2.31. The number of aromatic nitrogens is 5. The highest BCUT2D eigenvalue weighted by molar-refractivity contribution is 7.89. The highest BCUT2D eigenvalue weighted by atomic mass is 32.2. The zero-order valence-corrected chi connectivity index (χ0v) is 22.8. The van der Waals surface area contributed by atoms with E-state index in [4.69, 9.17) is 5.10 Å². The molecule has 1 saturated heterocycles. The van der Waals surface area contributed by atoms with Crippen molar-refractivity contribution in [2.45, 2.75) is 11.8 Å². The summed E-state index contributed by atoms with van der Waals surface area (Å²) in [6.07, 6.45) is 5.62. The van der Waals surface area contributed by atoms with E-state index in [1.165, 1.54) is 21.2 Å². The van der Waals surface area contributed by atoms with Crippen LogP contribution in [0.2, 0.25) is 0 Å². The fourth-order valence-corrected chi connectivity index (χ4v) is 5.97. The van der Waals surface area contributed by atoms with Gasteiger partial charge in [-0.3, -0.25) is 4.79 Å². The number of rotatable bonds is 6. The third kappa shape index (κ3) is 4.82. The molecule has 11 nitrogen and oxygen atoms in total. The summed E-state index contributed by atoms with van der Waals surface area (Å²) in [5.41, 5.74) is 3.76. The first kappa shape index (κ1) is 25.7. The average Bonchev–Trinajstić information content (AvgIpc) is 3.59. The van der Waals surface area contributed by atoms with Gasteiger partial charge in [0.1, 0.15) is 11.4 Å². The van der Waals surface area contributed by atoms with Gasteiger partial charge in [-0.25, -0.2) is 18.1 Å². The van der Waals surface area contributed by atoms with Gasteiger partial charge >= 0.3 is 0 Å². The Labute approximate surface area is 231 Å². The molecule has 202 valence electrons. The number of likely N-dealkylation sites (N-methyl/N-ethyl adjacent to an activating group) is 1. The molecule has 0 saturated carbocycles. The standard InChI is InChI=1S/C28H26N8O3S/c1-20-4-8-22(9-5-20)36-26(31-28(37)24-19-30-35-13-3-12-29-27(24)35)18-25(32-36)21-6-10-23(11-7-21)40(38,39)34-16-14-33(2)15-17-34/h4-12,18-19H,14-17H2,1-2H3,(H,31,37). The number of fused-ring (bicyclic) bond motifs is 1. The predicted octanol–water partition coefficient (Wildman–Crippen LogP) is 2.68.